The summed E-state index contributed by atoms with van der Waals surface area (Å²) >= 11 is 0. The maximum atomic E-state index is 12.8. The van der Waals surface area contributed by atoms with Crippen LogP contribution in [0.15, 0.2) is 42.7 Å². The second-order valence-electron chi connectivity index (χ2n) is 7.04. The maximum Gasteiger partial charge on any atom is 0.237 e. The third-order valence-corrected chi connectivity index (χ3v) is 5.03. The lowest BCUT2D eigenvalue weighted by molar-refractivity contribution is -0.123. The Bertz CT molecular complexity index is 722. The van der Waals surface area contributed by atoms with Gasteiger partial charge in [0.15, 0.2) is 0 Å². The molecule has 6 nitrogen and oxygen atoms in total. The second kappa shape index (κ2) is 10.1. The van der Waals surface area contributed by atoms with Gasteiger partial charge in [-0.3, -0.25) is 20.1 Å². The fourth-order valence-electron chi connectivity index (χ4n) is 3.60. The number of amides is 1. The minimum atomic E-state index is -0.252. The van der Waals surface area contributed by atoms with E-state index < -0.39 is 0 Å². The molecule has 0 radical (unpaired) electrons. The van der Waals surface area contributed by atoms with Crippen LogP contribution >= 0.6 is 0 Å². The van der Waals surface area contributed by atoms with Crippen LogP contribution in [0, 0.1) is 0 Å². The summed E-state index contributed by atoms with van der Waals surface area (Å²) in [7, 11) is 0. The zero-order chi connectivity index (χ0) is 18.9. The van der Waals surface area contributed by atoms with Crippen LogP contribution in [-0.2, 0) is 17.8 Å². The molecule has 6 heteroatoms. The Balaban J connectivity index is 1.65. The Morgan fingerprint density at radius 3 is 2.89 bits per heavy atom. The van der Waals surface area contributed by atoms with Crippen LogP contribution in [0.4, 0.5) is 0 Å². The van der Waals surface area contributed by atoms with Gasteiger partial charge in [-0.05, 0) is 62.4 Å². The lowest BCUT2D eigenvalue weighted by Gasteiger charge is -2.29. The van der Waals surface area contributed by atoms with E-state index in [1.807, 2.05) is 30.5 Å². The van der Waals surface area contributed by atoms with Gasteiger partial charge in [0, 0.05) is 12.4 Å². The number of hydrogen-bond donors (Lipinski definition) is 3. The molecule has 1 aliphatic rings. The van der Waals surface area contributed by atoms with Gasteiger partial charge < -0.3 is 11.1 Å². The summed E-state index contributed by atoms with van der Waals surface area (Å²) in [5, 5.41) is 6.60. The minimum Gasteiger partial charge on any atom is -0.349 e. The highest BCUT2D eigenvalue weighted by molar-refractivity contribution is 5.81. The molecule has 0 fully saturated rings. The summed E-state index contributed by atoms with van der Waals surface area (Å²) < 4.78 is 0. The lowest BCUT2D eigenvalue weighted by Crippen LogP contribution is -2.46. The first-order chi connectivity index (χ1) is 13.3. The number of unbranched alkanes of at least 4 members (excludes halogenated alkanes) is 1. The van der Waals surface area contributed by atoms with Crippen molar-refractivity contribution < 1.29 is 4.79 Å². The van der Waals surface area contributed by atoms with Gasteiger partial charge in [-0.2, -0.15) is 0 Å². The van der Waals surface area contributed by atoms with E-state index >= 15 is 0 Å². The number of carbonyl (C=O) groups excluding carboxylic acids is 1. The van der Waals surface area contributed by atoms with Crippen molar-refractivity contribution in [1.82, 2.24) is 20.6 Å². The smallest absolute Gasteiger partial charge is 0.237 e. The lowest BCUT2D eigenvalue weighted by atomic mass is 9.91. The van der Waals surface area contributed by atoms with Crippen molar-refractivity contribution in [3.63, 3.8) is 0 Å². The number of hydrogen-bond acceptors (Lipinski definition) is 5. The van der Waals surface area contributed by atoms with Crippen molar-refractivity contribution in [2.24, 2.45) is 5.73 Å². The van der Waals surface area contributed by atoms with Crippen molar-refractivity contribution in [2.45, 2.75) is 57.2 Å². The molecule has 2 aromatic heterocycles. The highest BCUT2D eigenvalue weighted by Gasteiger charge is 2.27. The number of nitrogens with two attached hydrogens (primary N) is 1. The summed E-state index contributed by atoms with van der Waals surface area (Å²) in [5.41, 5.74) is 8.87. The van der Waals surface area contributed by atoms with Crippen LogP contribution in [0.3, 0.4) is 0 Å². The van der Waals surface area contributed by atoms with Crippen LogP contribution in [-0.4, -0.2) is 28.5 Å². The molecule has 0 saturated heterocycles. The van der Waals surface area contributed by atoms with Crippen molar-refractivity contribution >= 4 is 5.91 Å². The molecule has 27 heavy (non-hydrogen) atoms. The molecular weight excluding hydrogens is 338 g/mol. The standard InChI is InChI=1S/C21H29N5O/c22-12-3-1-10-19(21(27)25-15-17-9-2-4-13-23-17)26-18-11-5-7-16-8-6-14-24-20(16)18/h2,4,6,8-9,13-14,18-19,26H,1,3,5,7,10-12,15,22H2,(H,25,27)/t18?,19-/m0/s1. The van der Waals surface area contributed by atoms with Crippen molar-refractivity contribution in [3.05, 3.63) is 59.7 Å². The number of aryl methyl sites for hydroxylation is 1. The molecule has 0 saturated carbocycles. The molecule has 2 aromatic rings. The molecule has 0 aliphatic heterocycles. The molecule has 4 N–H and O–H groups in total. The predicted molar refractivity (Wildman–Crippen MR) is 106 cm³/mol. The van der Waals surface area contributed by atoms with Gasteiger partial charge in [0.1, 0.15) is 0 Å². The quantitative estimate of drug-likeness (QED) is 0.591. The molecule has 144 valence electrons. The zero-order valence-corrected chi connectivity index (χ0v) is 15.7. The number of rotatable bonds is 9. The number of fused-ring (bicyclic) bond motifs is 1. The predicted octanol–water partition coefficient (Wildman–Crippen LogP) is 2.26. The van der Waals surface area contributed by atoms with Crippen molar-refractivity contribution in [2.75, 3.05) is 6.54 Å². The number of nitrogens with one attached hydrogen (secondary N) is 2. The minimum absolute atomic E-state index is 0.0146. The SMILES string of the molecule is NCCCC[C@H](NC1CCCc2cccnc21)C(=O)NCc1ccccn1. The fraction of sp³-hybridized carbons (Fsp3) is 0.476. The van der Waals surface area contributed by atoms with Crippen LogP contribution in [0.2, 0.25) is 0 Å². The largest absolute Gasteiger partial charge is 0.349 e. The molecular formula is C21H29N5O. The Morgan fingerprint density at radius 1 is 1.19 bits per heavy atom. The van der Waals surface area contributed by atoms with E-state index in [4.69, 9.17) is 5.73 Å². The number of carbonyl (C=O) groups is 1. The molecule has 0 bridgehead atoms. The van der Waals surface area contributed by atoms with Crippen LogP contribution in [0.5, 0.6) is 0 Å². The highest BCUT2D eigenvalue weighted by Crippen LogP contribution is 2.28. The Labute approximate surface area is 161 Å². The Kier molecular flexibility index (Phi) is 7.30. The topological polar surface area (TPSA) is 92.9 Å². The van der Waals surface area contributed by atoms with Gasteiger partial charge in [0.2, 0.25) is 5.91 Å². The third kappa shape index (κ3) is 5.58. The summed E-state index contributed by atoms with van der Waals surface area (Å²) in [4.78, 5) is 21.7. The number of nitrogens with zero attached hydrogens (tertiary/aromatic N) is 2. The average molecular weight is 367 g/mol. The summed E-state index contributed by atoms with van der Waals surface area (Å²) in [6, 6.07) is 9.71. The molecule has 2 heterocycles. The fourth-order valence-corrected chi connectivity index (χ4v) is 3.60. The van der Waals surface area contributed by atoms with E-state index in [0.717, 1.165) is 49.9 Å². The van der Waals surface area contributed by atoms with Crippen molar-refractivity contribution in [3.8, 4) is 0 Å². The first kappa shape index (κ1) is 19.5. The van der Waals surface area contributed by atoms with Gasteiger partial charge in [0.05, 0.1) is 30.0 Å². The maximum absolute atomic E-state index is 12.8. The van der Waals surface area contributed by atoms with Gasteiger partial charge in [-0.15, -0.1) is 0 Å². The van der Waals surface area contributed by atoms with E-state index in [-0.39, 0.29) is 18.0 Å². The molecule has 3 rings (SSSR count). The van der Waals surface area contributed by atoms with Crippen LogP contribution in [0.25, 0.3) is 0 Å². The summed E-state index contributed by atoms with van der Waals surface area (Å²) in [6.07, 6.45) is 9.37. The monoisotopic (exact) mass is 367 g/mol. The first-order valence-electron chi connectivity index (χ1n) is 9.85. The van der Waals surface area contributed by atoms with Crippen LogP contribution in [0.1, 0.15) is 55.1 Å². The second-order valence-corrected chi connectivity index (χ2v) is 7.04. The third-order valence-electron chi connectivity index (χ3n) is 5.03. The summed E-state index contributed by atoms with van der Waals surface area (Å²) in [6.45, 7) is 1.09. The molecule has 2 atom stereocenters. The molecule has 0 spiro atoms. The van der Waals surface area contributed by atoms with E-state index in [9.17, 15) is 4.79 Å². The average Bonchev–Trinajstić information content (AvgIpc) is 2.72. The molecule has 1 unspecified atom stereocenters. The van der Waals surface area contributed by atoms with E-state index in [2.05, 4.69) is 26.7 Å². The van der Waals surface area contributed by atoms with Gasteiger partial charge in [-0.25, -0.2) is 0 Å². The number of pyridine rings is 2. The van der Waals surface area contributed by atoms with Crippen LogP contribution < -0.4 is 16.4 Å². The van der Waals surface area contributed by atoms with E-state index in [1.54, 1.807) is 6.20 Å². The van der Waals surface area contributed by atoms with E-state index in [1.165, 1.54) is 5.56 Å². The highest BCUT2D eigenvalue weighted by atomic mass is 16.2. The summed E-state index contributed by atoms with van der Waals surface area (Å²) in [5.74, 6) is 0.0146. The van der Waals surface area contributed by atoms with Gasteiger partial charge in [-0.1, -0.05) is 18.6 Å². The molecule has 1 amide bonds. The Morgan fingerprint density at radius 2 is 2.07 bits per heavy atom. The zero-order valence-electron chi connectivity index (χ0n) is 15.7. The molecule has 1 aliphatic carbocycles. The van der Waals surface area contributed by atoms with E-state index in [0.29, 0.717) is 13.1 Å². The number of aromatic nitrogens is 2. The Hall–Kier alpha value is -2.31. The first-order valence-corrected chi connectivity index (χ1v) is 9.85. The van der Waals surface area contributed by atoms with Crippen molar-refractivity contribution in [1.29, 1.82) is 0 Å². The van der Waals surface area contributed by atoms with Gasteiger partial charge >= 0.3 is 0 Å². The normalized spacial score (nSPS) is 17.1. The molecule has 0 aromatic carbocycles. The van der Waals surface area contributed by atoms with Gasteiger partial charge in [0.25, 0.3) is 0 Å².